The summed E-state index contributed by atoms with van der Waals surface area (Å²) >= 11 is 7.90. The van der Waals surface area contributed by atoms with Crippen LogP contribution < -0.4 is 14.9 Å². The molecule has 0 radical (unpaired) electrons. The van der Waals surface area contributed by atoms with Crippen molar-refractivity contribution in [2.24, 2.45) is 4.99 Å². The van der Waals surface area contributed by atoms with Crippen LogP contribution in [0.5, 0.6) is 0 Å². The number of esters is 1. The third kappa shape index (κ3) is 4.80. The Morgan fingerprint density at radius 3 is 2.52 bits per heavy atom. The molecule has 1 atom stereocenters. The van der Waals surface area contributed by atoms with Gasteiger partial charge >= 0.3 is 5.97 Å². The molecule has 1 aliphatic heterocycles. The summed E-state index contributed by atoms with van der Waals surface area (Å²) in [5, 5.41) is 1.43. The summed E-state index contributed by atoms with van der Waals surface area (Å²) in [5.41, 5.74) is 4.98. The molecule has 0 amide bonds. The third-order valence-corrected chi connectivity index (χ3v) is 8.85. The van der Waals surface area contributed by atoms with E-state index in [1.807, 2.05) is 49.4 Å². The number of hydrogen-bond donors (Lipinski definition) is 0. The van der Waals surface area contributed by atoms with Crippen LogP contribution >= 0.6 is 22.9 Å². The summed E-state index contributed by atoms with van der Waals surface area (Å²) in [7, 11) is 0. The highest BCUT2D eigenvalue weighted by molar-refractivity contribution is 7.07. The molecule has 3 aromatic carbocycles. The zero-order valence-electron chi connectivity index (χ0n) is 23.2. The van der Waals surface area contributed by atoms with Gasteiger partial charge in [-0.1, -0.05) is 71.5 Å². The van der Waals surface area contributed by atoms with Crippen LogP contribution in [0.4, 0.5) is 4.39 Å². The van der Waals surface area contributed by atoms with E-state index < -0.39 is 12.0 Å². The summed E-state index contributed by atoms with van der Waals surface area (Å²) < 4.78 is 23.1. The highest BCUT2D eigenvalue weighted by atomic mass is 35.5. The fraction of sp³-hybridized carbons (Fsp3) is 0.182. The molecule has 5 aromatic rings. The molecule has 0 spiro atoms. The van der Waals surface area contributed by atoms with Crippen molar-refractivity contribution in [3.05, 3.63) is 137 Å². The smallest absolute Gasteiger partial charge is 0.338 e. The van der Waals surface area contributed by atoms with E-state index in [9.17, 15) is 14.0 Å². The van der Waals surface area contributed by atoms with Gasteiger partial charge in [-0.25, -0.2) is 14.2 Å². The van der Waals surface area contributed by atoms with Crippen molar-refractivity contribution < 1.29 is 13.9 Å². The molecule has 0 bridgehead atoms. The molecule has 0 aliphatic carbocycles. The average Bonchev–Trinajstić information content (AvgIpc) is 3.42. The van der Waals surface area contributed by atoms with Crippen molar-refractivity contribution in [3.8, 4) is 0 Å². The van der Waals surface area contributed by atoms with E-state index in [2.05, 4.69) is 9.56 Å². The van der Waals surface area contributed by atoms with Gasteiger partial charge in [0.15, 0.2) is 4.80 Å². The Balaban J connectivity index is 1.55. The minimum absolute atomic E-state index is 0.191. The largest absolute Gasteiger partial charge is 0.463 e. The standard InChI is InChI=1S/C33H27ClFN3O3S/c1-4-41-32(40)29-19(2)36-33-38(30(29)24-10-5-7-11-26(24)34)31(39)28(42-33)17-25-20(3)37(27-12-8-6-9-23(25)27)18-21-13-15-22(35)16-14-21/h5-17,30H,4,18H2,1-3H3/b28-17-/t30-/m0/s1. The number of allylic oxidation sites excluding steroid dienone is 1. The van der Waals surface area contributed by atoms with Gasteiger partial charge in [0, 0.05) is 33.7 Å². The molecular weight excluding hydrogens is 573 g/mol. The second kappa shape index (κ2) is 11.2. The first kappa shape index (κ1) is 27.9. The van der Waals surface area contributed by atoms with Crippen molar-refractivity contribution in [3.63, 3.8) is 0 Å². The summed E-state index contributed by atoms with van der Waals surface area (Å²) in [6.45, 7) is 6.25. The quantitative estimate of drug-likeness (QED) is 0.228. The number of hydrogen-bond acceptors (Lipinski definition) is 5. The predicted octanol–water partition coefficient (Wildman–Crippen LogP) is 5.90. The van der Waals surface area contributed by atoms with Gasteiger partial charge < -0.3 is 9.30 Å². The van der Waals surface area contributed by atoms with Gasteiger partial charge in [-0.15, -0.1) is 0 Å². The molecule has 0 saturated heterocycles. The topological polar surface area (TPSA) is 65.6 Å². The Morgan fingerprint density at radius 2 is 1.79 bits per heavy atom. The maximum absolute atomic E-state index is 14.1. The maximum Gasteiger partial charge on any atom is 0.338 e. The minimum Gasteiger partial charge on any atom is -0.463 e. The van der Waals surface area contributed by atoms with Crippen LogP contribution in [0.15, 0.2) is 93.9 Å². The molecule has 1 aliphatic rings. The van der Waals surface area contributed by atoms with E-state index >= 15 is 0 Å². The SMILES string of the molecule is CCOC(=O)C1=C(C)N=c2s/c(=C\c3c(C)n(Cc4ccc(F)cc4)c4ccccc34)c(=O)n2[C@H]1c1ccccc1Cl. The van der Waals surface area contributed by atoms with Crippen LogP contribution in [0.25, 0.3) is 17.0 Å². The Labute approximate surface area is 250 Å². The monoisotopic (exact) mass is 599 g/mol. The summed E-state index contributed by atoms with van der Waals surface area (Å²) in [6.07, 6.45) is 1.90. The minimum atomic E-state index is -0.780. The fourth-order valence-electron chi connectivity index (χ4n) is 5.53. The molecular formula is C33H27ClFN3O3S. The van der Waals surface area contributed by atoms with Crippen molar-refractivity contribution in [1.82, 2.24) is 9.13 Å². The summed E-state index contributed by atoms with van der Waals surface area (Å²) in [4.78, 5) is 32.5. The molecule has 42 heavy (non-hydrogen) atoms. The number of carbonyl (C=O) groups is 1. The Hall–Kier alpha value is -4.27. The highest BCUT2D eigenvalue weighted by Gasteiger charge is 2.34. The maximum atomic E-state index is 14.1. The molecule has 9 heteroatoms. The van der Waals surface area contributed by atoms with E-state index in [-0.39, 0.29) is 23.6 Å². The molecule has 0 N–H and O–H groups in total. The van der Waals surface area contributed by atoms with Gasteiger partial charge in [0.25, 0.3) is 5.56 Å². The van der Waals surface area contributed by atoms with Gasteiger partial charge in [-0.05, 0) is 62.2 Å². The molecule has 6 rings (SSSR count). The lowest BCUT2D eigenvalue weighted by Gasteiger charge is -2.25. The molecule has 3 heterocycles. The van der Waals surface area contributed by atoms with E-state index in [4.69, 9.17) is 16.3 Å². The zero-order valence-corrected chi connectivity index (χ0v) is 24.8. The lowest BCUT2D eigenvalue weighted by molar-refractivity contribution is -0.139. The Bertz CT molecular complexity index is 2070. The van der Waals surface area contributed by atoms with Crippen LogP contribution in [0.2, 0.25) is 5.02 Å². The number of fused-ring (bicyclic) bond motifs is 2. The molecule has 212 valence electrons. The van der Waals surface area contributed by atoms with E-state index in [1.54, 1.807) is 42.7 Å². The highest BCUT2D eigenvalue weighted by Crippen LogP contribution is 2.34. The number of rotatable bonds is 6. The van der Waals surface area contributed by atoms with Gasteiger partial charge in [0.2, 0.25) is 0 Å². The number of para-hydroxylation sites is 1. The van der Waals surface area contributed by atoms with Gasteiger partial charge in [-0.3, -0.25) is 9.36 Å². The Kier molecular flexibility index (Phi) is 7.43. The molecule has 0 fully saturated rings. The van der Waals surface area contributed by atoms with Crippen molar-refractivity contribution in [2.75, 3.05) is 6.61 Å². The van der Waals surface area contributed by atoms with Crippen molar-refractivity contribution in [2.45, 2.75) is 33.4 Å². The third-order valence-electron chi connectivity index (χ3n) is 7.53. The first-order chi connectivity index (χ1) is 20.3. The zero-order chi connectivity index (χ0) is 29.5. The van der Waals surface area contributed by atoms with Gasteiger partial charge in [0.1, 0.15) is 11.9 Å². The molecule has 2 aromatic heterocycles. The number of nitrogens with zero attached hydrogens (tertiary/aromatic N) is 3. The summed E-state index contributed by atoms with van der Waals surface area (Å²) in [6, 6.07) is 20.9. The van der Waals surface area contributed by atoms with Crippen LogP contribution in [0.1, 0.15) is 42.3 Å². The lowest BCUT2D eigenvalue weighted by Crippen LogP contribution is -2.40. The number of halogens is 2. The van der Waals surface area contributed by atoms with Crippen molar-refractivity contribution in [1.29, 1.82) is 0 Å². The molecule has 0 saturated carbocycles. The molecule has 0 unspecified atom stereocenters. The van der Waals surface area contributed by atoms with E-state index in [0.29, 0.717) is 32.2 Å². The van der Waals surface area contributed by atoms with Crippen LogP contribution in [0, 0.1) is 12.7 Å². The van der Waals surface area contributed by atoms with Crippen molar-refractivity contribution >= 4 is 45.9 Å². The van der Waals surface area contributed by atoms with E-state index in [0.717, 1.165) is 27.7 Å². The first-order valence-electron chi connectivity index (χ1n) is 13.5. The number of aromatic nitrogens is 2. The average molecular weight is 600 g/mol. The number of thiazole rings is 1. The van der Waals surface area contributed by atoms with Gasteiger partial charge in [0.05, 0.1) is 22.4 Å². The van der Waals surface area contributed by atoms with E-state index in [1.165, 1.54) is 23.5 Å². The number of ether oxygens (including phenoxy) is 1. The number of carbonyl (C=O) groups excluding carboxylic acids is 1. The second-order valence-electron chi connectivity index (χ2n) is 10.1. The van der Waals surface area contributed by atoms with Crippen LogP contribution in [-0.4, -0.2) is 21.7 Å². The summed E-state index contributed by atoms with van der Waals surface area (Å²) in [5.74, 6) is -0.807. The fourth-order valence-corrected chi connectivity index (χ4v) is 6.80. The normalized spacial score (nSPS) is 15.2. The van der Waals surface area contributed by atoms with Crippen LogP contribution in [0.3, 0.4) is 0 Å². The number of benzene rings is 3. The predicted molar refractivity (Wildman–Crippen MR) is 164 cm³/mol. The lowest BCUT2D eigenvalue weighted by atomic mass is 9.96. The second-order valence-corrected chi connectivity index (χ2v) is 11.5. The first-order valence-corrected chi connectivity index (χ1v) is 14.7. The van der Waals surface area contributed by atoms with Gasteiger partial charge in [-0.2, -0.15) is 0 Å². The van der Waals surface area contributed by atoms with Crippen LogP contribution in [-0.2, 0) is 16.1 Å². The molecule has 6 nitrogen and oxygen atoms in total. The Morgan fingerprint density at radius 1 is 1.07 bits per heavy atom.